The minimum Gasteiger partial charge on any atom is -0.490 e. The molecule has 0 saturated heterocycles. The summed E-state index contributed by atoms with van der Waals surface area (Å²) in [6.45, 7) is 3.02. The van der Waals surface area contributed by atoms with Gasteiger partial charge < -0.3 is 26.0 Å². The lowest BCUT2D eigenvalue weighted by atomic mass is 9.91. The number of benzene rings is 1. The van der Waals surface area contributed by atoms with Crippen LogP contribution in [0.15, 0.2) is 24.4 Å². The summed E-state index contributed by atoms with van der Waals surface area (Å²) < 4.78 is 5.70. The smallest absolute Gasteiger partial charge is 0.224 e. The van der Waals surface area contributed by atoms with Crippen LogP contribution in [-0.2, 0) is 0 Å². The number of ether oxygens (including phenoxy) is 1. The van der Waals surface area contributed by atoms with Crippen molar-refractivity contribution >= 4 is 28.9 Å². The van der Waals surface area contributed by atoms with E-state index in [1.165, 1.54) is 6.92 Å². The van der Waals surface area contributed by atoms with Crippen molar-refractivity contribution in [3.05, 3.63) is 30.0 Å². The first-order chi connectivity index (χ1) is 14.0. The van der Waals surface area contributed by atoms with Crippen molar-refractivity contribution in [1.29, 1.82) is 0 Å². The molecule has 1 saturated carbocycles. The van der Waals surface area contributed by atoms with Crippen molar-refractivity contribution in [2.75, 3.05) is 35.7 Å². The Hall–Kier alpha value is -2.87. The van der Waals surface area contributed by atoms with Crippen molar-refractivity contribution in [2.45, 2.75) is 44.7 Å². The molecule has 0 unspecified atom stereocenters. The maximum atomic E-state index is 12.1. The summed E-state index contributed by atoms with van der Waals surface area (Å²) in [6.07, 6.45) is 5.87. The van der Waals surface area contributed by atoms with Gasteiger partial charge >= 0.3 is 0 Å². The van der Waals surface area contributed by atoms with Crippen LogP contribution in [0.5, 0.6) is 5.75 Å². The van der Waals surface area contributed by atoms with E-state index in [1.807, 2.05) is 25.2 Å². The Kier molecular flexibility index (Phi) is 5.53. The fraction of sp³-hybridized carbons (Fsp3) is 0.476. The monoisotopic (exact) mass is 396 g/mol. The lowest BCUT2D eigenvalue weighted by Crippen LogP contribution is -2.43. The van der Waals surface area contributed by atoms with E-state index in [0.29, 0.717) is 23.9 Å². The molecule has 2 aliphatic rings. The molecule has 29 heavy (non-hydrogen) atoms. The van der Waals surface area contributed by atoms with E-state index in [4.69, 9.17) is 10.5 Å². The minimum absolute atomic E-state index is 0.0902. The molecule has 2 heterocycles. The average Bonchev–Trinajstić information content (AvgIpc) is 2.70. The Labute approximate surface area is 170 Å². The highest BCUT2D eigenvalue weighted by molar-refractivity contribution is 5.99. The number of anilines is 4. The van der Waals surface area contributed by atoms with Gasteiger partial charge in [-0.05, 0) is 38.0 Å². The number of nitrogens with two attached hydrogens (primary N) is 1. The van der Waals surface area contributed by atoms with E-state index in [-0.39, 0.29) is 17.9 Å². The lowest BCUT2D eigenvalue weighted by Gasteiger charge is -2.29. The molecule has 1 aliphatic carbocycles. The SMILES string of the molecule is CC(=O)c1cnc(N[C@@H]2CCCC[C@@H]2N)nc1Nc1ccc2c(c1)N(C)CCO2. The highest BCUT2D eigenvalue weighted by atomic mass is 16.5. The van der Waals surface area contributed by atoms with Crippen molar-refractivity contribution in [3.8, 4) is 5.75 Å². The average molecular weight is 396 g/mol. The largest absolute Gasteiger partial charge is 0.490 e. The summed E-state index contributed by atoms with van der Waals surface area (Å²) in [6, 6.07) is 6.10. The maximum Gasteiger partial charge on any atom is 0.224 e. The Bertz CT molecular complexity index is 903. The topological polar surface area (TPSA) is 105 Å². The Balaban J connectivity index is 1.60. The number of nitrogens with zero attached hydrogens (tertiary/aromatic N) is 3. The quantitative estimate of drug-likeness (QED) is 0.663. The van der Waals surface area contributed by atoms with Crippen molar-refractivity contribution in [1.82, 2.24) is 9.97 Å². The summed E-state index contributed by atoms with van der Waals surface area (Å²) in [7, 11) is 2.03. The molecule has 0 radical (unpaired) electrons. The maximum absolute atomic E-state index is 12.1. The first kappa shape index (κ1) is 19.4. The van der Waals surface area contributed by atoms with Gasteiger partial charge in [-0.1, -0.05) is 12.8 Å². The van der Waals surface area contributed by atoms with Gasteiger partial charge in [0, 0.05) is 31.0 Å². The number of likely N-dealkylation sites (N-methyl/N-ethyl adjacent to an activating group) is 1. The number of Topliss-reactive ketones (excluding diaryl/α,β-unsaturated/α-hetero) is 1. The van der Waals surface area contributed by atoms with Crippen LogP contribution in [-0.4, -0.2) is 48.0 Å². The third kappa shape index (κ3) is 4.27. The molecular weight excluding hydrogens is 368 g/mol. The van der Waals surface area contributed by atoms with Crippen LogP contribution in [0.4, 0.5) is 23.1 Å². The summed E-state index contributed by atoms with van der Waals surface area (Å²) in [5.41, 5.74) is 8.53. The van der Waals surface area contributed by atoms with Crippen LogP contribution >= 0.6 is 0 Å². The molecule has 2 aromatic rings. The van der Waals surface area contributed by atoms with Crippen LogP contribution in [0, 0.1) is 0 Å². The fourth-order valence-electron chi connectivity index (χ4n) is 3.87. The molecule has 154 valence electrons. The molecule has 8 nitrogen and oxygen atoms in total. The molecule has 4 N–H and O–H groups in total. The van der Waals surface area contributed by atoms with Crippen LogP contribution in [0.3, 0.4) is 0 Å². The lowest BCUT2D eigenvalue weighted by molar-refractivity contribution is 0.101. The van der Waals surface area contributed by atoms with E-state index in [0.717, 1.165) is 49.4 Å². The molecule has 2 atom stereocenters. The number of ketones is 1. The number of fused-ring (bicyclic) bond motifs is 1. The van der Waals surface area contributed by atoms with Gasteiger partial charge in [0.1, 0.15) is 18.2 Å². The third-order valence-electron chi connectivity index (χ3n) is 5.62. The number of carbonyl (C=O) groups excluding carboxylic acids is 1. The molecule has 1 aromatic heterocycles. The summed E-state index contributed by atoms with van der Waals surface area (Å²) >= 11 is 0. The first-order valence-corrected chi connectivity index (χ1v) is 10.2. The van der Waals surface area contributed by atoms with Crippen molar-refractivity contribution < 1.29 is 9.53 Å². The standard InChI is InChI=1S/C21H28N6O2/c1-13(28)15-12-23-21(25-17-6-4-3-5-16(17)22)26-20(15)24-14-7-8-19-18(11-14)27(2)9-10-29-19/h7-8,11-12,16-17H,3-6,9-10,22H2,1-2H3,(H2,23,24,25,26)/t16-,17+/m0/s1. The second kappa shape index (κ2) is 8.24. The number of hydrogen-bond acceptors (Lipinski definition) is 8. The highest BCUT2D eigenvalue weighted by Crippen LogP contribution is 2.34. The minimum atomic E-state index is -0.0909. The van der Waals surface area contributed by atoms with Crippen LogP contribution < -0.4 is 26.0 Å². The fourth-order valence-corrected chi connectivity index (χ4v) is 3.87. The van der Waals surface area contributed by atoms with Gasteiger partial charge in [-0.25, -0.2) is 4.98 Å². The normalized spacial score (nSPS) is 21.1. The zero-order chi connectivity index (χ0) is 20.4. The Morgan fingerprint density at radius 1 is 1.31 bits per heavy atom. The third-order valence-corrected chi connectivity index (χ3v) is 5.62. The number of carbonyl (C=O) groups is 1. The van der Waals surface area contributed by atoms with E-state index in [2.05, 4.69) is 25.5 Å². The number of hydrogen-bond donors (Lipinski definition) is 3. The van der Waals surface area contributed by atoms with E-state index in [1.54, 1.807) is 6.20 Å². The second-order valence-corrected chi connectivity index (χ2v) is 7.79. The Morgan fingerprint density at radius 3 is 2.93 bits per heavy atom. The summed E-state index contributed by atoms with van der Waals surface area (Å²) in [5.74, 6) is 1.73. The van der Waals surface area contributed by atoms with Gasteiger partial charge in [0.2, 0.25) is 5.95 Å². The zero-order valence-corrected chi connectivity index (χ0v) is 16.9. The molecule has 8 heteroatoms. The summed E-state index contributed by atoms with van der Waals surface area (Å²) in [4.78, 5) is 23.2. The molecule has 4 rings (SSSR count). The first-order valence-electron chi connectivity index (χ1n) is 10.2. The Morgan fingerprint density at radius 2 is 2.14 bits per heavy atom. The highest BCUT2D eigenvalue weighted by Gasteiger charge is 2.23. The second-order valence-electron chi connectivity index (χ2n) is 7.79. The van der Waals surface area contributed by atoms with Gasteiger partial charge in [0.25, 0.3) is 0 Å². The van der Waals surface area contributed by atoms with Crippen LogP contribution in [0.2, 0.25) is 0 Å². The van der Waals surface area contributed by atoms with Crippen molar-refractivity contribution in [3.63, 3.8) is 0 Å². The predicted molar refractivity (Wildman–Crippen MR) is 114 cm³/mol. The molecule has 0 spiro atoms. The van der Waals surface area contributed by atoms with E-state index in [9.17, 15) is 4.79 Å². The van der Waals surface area contributed by atoms with Gasteiger partial charge in [-0.15, -0.1) is 0 Å². The van der Waals surface area contributed by atoms with Crippen LogP contribution in [0.25, 0.3) is 0 Å². The van der Waals surface area contributed by atoms with Gasteiger partial charge in [-0.3, -0.25) is 4.79 Å². The van der Waals surface area contributed by atoms with Gasteiger partial charge in [0.15, 0.2) is 5.78 Å². The number of nitrogens with one attached hydrogen (secondary N) is 2. The number of aromatic nitrogens is 2. The van der Waals surface area contributed by atoms with E-state index < -0.39 is 0 Å². The van der Waals surface area contributed by atoms with Gasteiger partial charge in [0.05, 0.1) is 17.8 Å². The van der Waals surface area contributed by atoms with Crippen LogP contribution in [0.1, 0.15) is 43.0 Å². The predicted octanol–water partition coefficient (Wildman–Crippen LogP) is 2.93. The van der Waals surface area contributed by atoms with E-state index >= 15 is 0 Å². The summed E-state index contributed by atoms with van der Waals surface area (Å²) in [5, 5.41) is 6.64. The number of rotatable bonds is 5. The molecular formula is C21H28N6O2. The molecule has 0 amide bonds. The molecule has 0 bridgehead atoms. The zero-order valence-electron chi connectivity index (χ0n) is 16.9. The molecule has 1 aromatic carbocycles. The molecule has 1 fully saturated rings. The van der Waals surface area contributed by atoms with Gasteiger partial charge in [-0.2, -0.15) is 4.98 Å². The molecule has 1 aliphatic heterocycles. The van der Waals surface area contributed by atoms with Crippen molar-refractivity contribution in [2.24, 2.45) is 5.73 Å².